The third-order valence-electron chi connectivity index (χ3n) is 8.82. The summed E-state index contributed by atoms with van der Waals surface area (Å²) in [7, 11) is 0. The average molecular weight is 685 g/mol. The highest BCUT2D eigenvalue weighted by atomic mass is 35.5. The van der Waals surface area contributed by atoms with Crippen LogP contribution in [0.1, 0.15) is 50.7 Å². The van der Waals surface area contributed by atoms with E-state index in [9.17, 15) is 20.3 Å². The van der Waals surface area contributed by atoms with Crippen molar-refractivity contribution in [3.63, 3.8) is 0 Å². The maximum Gasteiger partial charge on any atom is 0.254 e. The predicted octanol–water partition coefficient (Wildman–Crippen LogP) is 5.35. The molecule has 0 aliphatic carbocycles. The van der Waals surface area contributed by atoms with Gasteiger partial charge < -0.3 is 34.6 Å². The molecule has 11 heteroatoms. The summed E-state index contributed by atoms with van der Waals surface area (Å²) in [6.45, 7) is 8.06. The number of halogens is 1. The molecule has 0 unspecified atom stereocenters. The van der Waals surface area contributed by atoms with Crippen molar-refractivity contribution in [2.45, 2.75) is 46.1 Å². The lowest BCUT2D eigenvalue weighted by molar-refractivity contribution is 0.0302. The topological polar surface area (TPSA) is 137 Å². The number of hydrogen-bond acceptors (Lipinski definition) is 9. The van der Waals surface area contributed by atoms with Crippen LogP contribution in [-0.2, 0) is 24.5 Å². The number of aromatic nitrogens is 1. The van der Waals surface area contributed by atoms with Crippen molar-refractivity contribution in [2.24, 2.45) is 0 Å². The highest BCUT2D eigenvalue weighted by Gasteiger charge is 2.24. The minimum Gasteiger partial charge on any atom is -0.488 e. The zero-order chi connectivity index (χ0) is 35.0. The van der Waals surface area contributed by atoms with E-state index >= 15 is 0 Å². The van der Waals surface area contributed by atoms with Gasteiger partial charge in [0.2, 0.25) is 0 Å². The number of ether oxygens (including phenoxy) is 3. The molecule has 3 N–H and O–H groups in total. The molecule has 3 aromatic carbocycles. The van der Waals surface area contributed by atoms with Crippen molar-refractivity contribution in [1.29, 1.82) is 5.26 Å². The summed E-state index contributed by atoms with van der Waals surface area (Å²) in [5.74, 6) is 0.906. The second kappa shape index (κ2) is 16.3. The van der Waals surface area contributed by atoms with Crippen LogP contribution in [0, 0.1) is 25.2 Å². The molecule has 0 atom stereocenters. The van der Waals surface area contributed by atoms with Crippen molar-refractivity contribution in [2.75, 3.05) is 39.5 Å². The summed E-state index contributed by atoms with van der Waals surface area (Å²) in [4.78, 5) is 19.3. The van der Waals surface area contributed by atoms with E-state index in [4.69, 9.17) is 25.8 Å². The van der Waals surface area contributed by atoms with Crippen LogP contribution in [0.4, 0.5) is 0 Å². The minimum absolute atomic E-state index is 0.0116. The molecular weight excluding hydrogens is 644 g/mol. The molecule has 10 nitrogen and oxygen atoms in total. The molecule has 0 spiro atoms. The Morgan fingerprint density at radius 3 is 2.39 bits per heavy atom. The van der Waals surface area contributed by atoms with Crippen LogP contribution < -0.4 is 14.8 Å². The van der Waals surface area contributed by atoms with Crippen LogP contribution in [0.2, 0.25) is 5.02 Å². The Balaban J connectivity index is 1.39. The minimum atomic E-state index is -0.916. The van der Waals surface area contributed by atoms with Gasteiger partial charge in [-0.1, -0.05) is 41.9 Å². The van der Waals surface area contributed by atoms with Crippen LogP contribution in [0.15, 0.2) is 67.0 Å². The van der Waals surface area contributed by atoms with Gasteiger partial charge in [0, 0.05) is 54.8 Å². The van der Waals surface area contributed by atoms with Crippen molar-refractivity contribution >= 4 is 17.5 Å². The first-order valence-electron chi connectivity index (χ1n) is 16.1. The highest BCUT2D eigenvalue weighted by molar-refractivity contribution is 6.32. The number of nitrogens with one attached hydrogen (secondary N) is 1. The molecule has 2 heterocycles. The second-order valence-electron chi connectivity index (χ2n) is 12.4. The van der Waals surface area contributed by atoms with E-state index in [1.165, 1.54) is 6.20 Å². The fraction of sp³-hybridized carbons (Fsp3) is 0.342. The Kier molecular flexibility index (Phi) is 11.9. The molecule has 1 aliphatic heterocycles. The molecule has 1 saturated heterocycles. The summed E-state index contributed by atoms with van der Waals surface area (Å²) in [5.41, 5.74) is 6.48. The first-order chi connectivity index (χ1) is 23.7. The maximum atomic E-state index is 13.4. The van der Waals surface area contributed by atoms with Crippen molar-refractivity contribution < 1.29 is 29.2 Å². The van der Waals surface area contributed by atoms with E-state index in [0.717, 1.165) is 27.8 Å². The van der Waals surface area contributed by atoms with Gasteiger partial charge in [0.05, 0.1) is 42.6 Å². The van der Waals surface area contributed by atoms with Crippen molar-refractivity contribution in [3.05, 3.63) is 111 Å². The smallest absolute Gasteiger partial charge is 0.254 e. The number of carbonyl (C=O) groups is 1. The van der Waals surface area contributed by atoms with Crippen LogP contribution in [-0.4, -0.2) is 71.1 Å². The second-order valence-corrected chi connectivity index (χ2v) is 12.8. The summed E-state index contributed by atoms with van der Waals surface area (Å²) in [6.07, 6.45) is 3.12. The molecule has 1 amide bonds. The number of pyridine rings is 1. The van der Waals surface area contributed by atoms with Gasteiger partial charge in [-0.05, 0) is 66.8 Å². The normalized spacial score (nSPS) is 13.2. The fourth-order valence-corrected chi connectivity index (χ4v) is 5.84. The lowest BCUT2D eigenvalue weighted by atomic mass is 9.91. The molecule has 1 aromatic heterocycles. The number of nitrogens with zero attached hydrogens (tertiary/aromatic N) is 3. The van der Waals surface area contributed by atoms with Crippen molar-refractivity contribution in [1.82, 2.24) is 15.2 Å². The summed E-state index contributed by atoms with van der Waals surface area (Å²) >= 11 is 6.74. The van der Waals surface area contributed by atoms with Gasteiger partial charge >= 0.3 is 0 Å². The molecule has 0 bridgehead atoms. The Hall–Kier alpha value is -4.50. The van der Waals surface area contributed by atoms with Crippen LogP contribution in [0.5, 0.6) is 11.5 Å². The zero-order valence-corrected chi connectivity index (χ0v) is 28.7. The Bertz CT molecular complexity index is 1830. The third kappa shape index (κ3) is 8.57. The highest BCUT2D eigenvalue weighted by Crippen LogP contribution is 2.36. The number of benzene rings is 3. The first-order valence-corrected chi connectivity index (χ1v) is 16.5. The SMILES string of the molecule is Cc1c(COc2cc(OCc3cncc(C#N)c3)c(CNC(C)(CO)CO)cc2Cl)cccc1-c1cccc(C(=O)N2CCOCC2)c1C. The number of hydrogen-bond donors (Lipinski definition) is 3. The predicted molar refractivity (Wildman–Crippen MR) is 187 cm³/mol. The van der Waals surface area contributed by atoms with Gasteiger partial charge in [-0.3, -0.25) is 9.78 Å². The summed E-state index contributed by atoms with van der Waals surface area (Å²) in [5, 5.41) is 32.4. The number of amides is 1. The molecule has 0 radical (unpaired) electrons. The fourth-order valence-electron chi connectivity index (χ4n) is 5.60. The number of aliphatic hydroxyl groups is 2. The number of nitriles is 1. The Morgan fingerprint density at radius 1 is 0.980 bits per heavy atom. The summed E-state index contributed by atoms with van der Waals surface area (Å²) in [6, 6.07) is 19.1. The van der Waals surface area contributed by atoms with Gasteiger partial charge in [-0.2, -0.15) is 5.26 Å². The van der Waals surface area contributed by atoms with Crippen LogP contribution in [0.3, 0.4) is 0 Å². The van der Waals surface area contributed by atoms with E-state index < -0.39 is 5.54 Å². The maximum absolute atomic E-state index is 13.4. The summed E-state index contributed by atoms with van der Waals surface area (Å²) < 4.78 is 17.9. The van der Waals surface area contributed by atoms with Crippen LogP contribution in [0.25, 0.3) is 11.1 Å². The van der Waals surface area contributed by atoms with E-state index in [1.54, 1.807) is 31.3 Å². The standard InChI is InChI=1S/C38H41ClN4O6/c1-25-29(6-4-7-31(25)32-8-5-9-33(26(32)2)37(46)43-10-12-47-13-11-43)22-49-36-16-35(48-21-28-14-27(17-40)18-41-19-28)30(15-34(36)39)20-42-38(3,23-44)24-45/h4-9,14-16,18-19,42,44-45H,10-13,20-24H2,1-3H3. The molecule has 0 saturated carbocycles. The molecule has 4 aromatic rings. The number of rotatable bonds is 13. The van der Waals surface area contributed by atoms with Crippen molar-refractivity contribution in [3.8, 4) is 28.7 Å². The van der Waals surface area contributed by atoms with Gasteiger partial charge in [-0.25, -0.2) is 0 Å². The zero-order valence-electron chi connectivity index (χ0n) is 28.0. The number of aliphatic hydroxyl groups excluding tert-OH is 2. The first kappa shape index (κ1) is 35.8. The van der Waals surface area contributed by atoms with Gasteiger partial charge in [0.1, 0.15) is 30.8 Å². The number of morpholine rings is 1. The van der Waals surface area contributed by atoms with Crippen LogP contribution >= 0.6 is 11.6 Å². The molecule has 5 rings (SSSR count). The van der Waals surface area contributed by atoms with Gasteiger partial charge in [-0.15, -0.1) is 0 Å². The van der Waals surface area contributed by atoms with E-state index in [2.05, 4.69) is 16.4 Å². The molecule has 1 fully saturated rings. The third-order valence-corrected chi connectivity index (χ3v) is 9.11. The Labute approximate surface area is 291 Å². The molecule has 256 valence electrons. The molecule has 1 aliphatic rings. The lowest BCUT2D eigenvalue weighted by Gasteiger charge is -2.28. The monoisotopic (exact) mass is 684 g/mol. The van der Waals surface area contributed by atoms with E-state index in [1.807, 2.05) is 55.1 Å². The quantitative estimate of drug-likeness (QED) is 0.170. The molecular formula is C38H41ClN4O6. The number of carbonyl (C=O) groups excluding carboxylic acids is 1. The average Bonchev–Trinajstić information content (AvgIpc) is 3.13. The molecule has 49 heavy (non-hydrogen) atoms. The van der Waals surface area contributed by atoms with E-state index in [0.29, 0.717) is 65.1 Å². The van der Waals surface area contributed by atoms with E-state index in [-0.39, 0.29) is 38.9 Å². The lowest BCUT2D eigenvalue weighted by Crippen LogP contribution is -2.48. The largest absolute Gasteiger partial charge is 0.488 e. The van der Waals surface area contributed by atoms with Gasteiger partial charge in [0.15, 0.2) is 0 Å². The van der Waals surface area contributed by atoms with Gasteiger partial charge in [0.25, 0.3) is 5.91 Å². The Morgan fingerprint density at radius 2 is 1.67 bits per heavy atom.